The molecule has 1 amide bonds. The van der Waals surface area contributed by atoms with Gasteiger partial charge >= 0.3 is 0 Å². The number of amides is 1. The van der Waals surface area contributed by atoms with Crippen LogP contribution in [0.1, 0.15) is 12.8 Å². The monoisotopic (exact) mass is 409 g/mol. The highest BCUT2D eigenvalue weighted by atomic mass is 35.5. The average Bonchev–Trinajstić information content (AvgIpc) is 3.11. The topological polar surface area (TPSA) is 77.2 Å². The SMILES string of the molecule is CC(Oc1ccc(F)cc1Cl)C(=O)NCc1nc(-c2ccc(Cl)cc2)no1. The summed E-state index contributed by atoms with van der Waals surface area (Å²) in [4.78, 5) is 16.4. The molecule has 3 rings (SSSR count). The second-order valence-electron chi connectivity index (χ2n) is 5.57. The Labute approximate surface area is 164 Å². The van der Waals surface area contributed by atoms with E-state index in [-0.39, 0.29) is 23.2 Å². The molecule has 0 radical (unpaired) electrons. The molecule has 0 aliphatic rings. The van der Waals surface area contributed by atoms with Crippen LogP contribution in [-0.4, -0.2) is 22.2 Å². The maximum atomic E-state index is 13.0. The van der Waals surface area contributed by atoms with Crippen LogP contribution in [0, 0.1) is 5.82 Å². The third-order valence-corrected chi connectivity index (χ3v) is 4.10. The first-order valence-corrected chi connectivity index (χ1v) is 8.66. The first kappa shape index (κ1) is 19.1. The number of nitrogens with zero attached hydrogens (tertiary/aromatic N) is 2. The molecule has 0 spiro atoms. The van der Waals surface area contributed by atoms with E-state index >= 15 is 0 Å². The van der Waals surface area contributed by atoms with Crippen LogP contribution < -0.4 is 10.1 Å². The lowest BCUT2D eigenvalue weighted by Gasteiger charge is -2.15. The van der Waals surface area contributed by atoms with Crippen LogP contribution >= 0.6 is 23.2 Å². The molecule has 1 atom stereocenters. The minimum Gasteiger partial charge on any atom is -0.479 e. The highest BCUT2D eigenvalue weighted by molar-refractivity contribution is 6.32. The Morgan fingerprint density at radius 2 is 2.00 bits per heavy atom. The van der Waals surface area contributed by atoms with Crippen LogP contribution in [0.3, 0.4) is 0 Å². The molecule has 0 bridgehead atoms. The van der Waals surface area contributed by atoms with Crippen molar-refractivity contribution in [1.82, 2.24) is 15.5 Å². The molecule has 6 nitrogen and oxygen atoms in total. The van der Waals surface area contributed by atoms with Gasteiger partial charge in [-0.3, -0.25) is 4.79 Å². The number of halogens is 3. The van der Waals surface area contributed by atoms with Gasteiger partial charge in [-0.05, 0) is 49.4 Å². The maximum absolute atomic E-state index is 13.0. The van der Waals surface area contributed by atoms with Crippen molar-refractivity contribution in [1.29, 1.82) is 0 Å². The zero-order valence-electron chi connectivity index (χ0n) is 14.1. The molecule has 1 heterocycles. The molecule has 27 heavy (non-hydrogen) atoms. The number of hydrogen-bond donors (Lipinski definition) is 1. The highest BCUT2D eigenvalue weighted by Gasteiger charge is 2.17. The van der Waals surface area contributed by atoms with E-state index in [9.17, 15) is 9.18 Å². The summed E-state index contributed by atoms with van der Waals surface area (Å²) >= 11 is 11.7. The second-order valence-corrected chi connectivity index (χ2v) is 6.41. The molecule has 140 valence electrons. The predicted molar refractivity (Wildman–Crippen MR) is 98.1 cm³/mol. The van der Waals surface area contributed by atoms with Gasteiger partial charge in [0.15, 0.2) is 6.10 Å². The van der Waals surface area contributed by atoms with Crippen molar-refractivity contribution in [3.63, 3.8) is 0 Å². The Bertz CT molecular complexity index is 947. The molecule has 1 unspecified atom stereocenters. The number of benzene rings is 2. The molecular weight excluding hydrogens is 396 g/mol. The molecule has 0 fully saturated rings. The molecule has 0 aliphatic carbocycles. The van der Waals surface area contributed by atoms with Gasteiger partial charge in [-0.2, -0.15) is 4.98 Å². The van der Waals surface area contributed by atoms with Gasteiger partial charge in [0.25, 0.3) is 5.91 Å². The Kier molecular flexibility index (Phi) is 5.93. The van der Waals surface area contributed by atoms with E-state index in [1.165, 1.54) is 12.1 Å². The van der Waals surface area contributed by atoms with E-state index in [1.54, 1.807) is 31.2 Å². The van der Waals surface area contributed by atoms with Gasteiger partial charge in [-0.25, -0.2) is 4.39 Å². The summed E-state index contributed by atoms with van der Waals surface area (Å²) < 4.78 is 23.6. The lowest BCUT2D eigenvalue weighted by atomic mass is 10.2. The van der Waals surface area contributed by atoms with Crippen molar-refractivity contribution >= 4 is 29.1 Å². The van der Waals surface area contributed by atoms with Crippen molar-refractivity contribution in [3.8, 4) is 17.1 Å². The van der Waals surface area contributed by atoms with E-state index in [0.29, 0.717) is 10.8 Å². The number of rotatable bonds is 6. The Balaban J connectivity index is 1.56. The smallest absolute Gasteiger partial charge is 0.261 e. The summed E-state index contributed by atoms with van der Waals surface area (Å²) in [6, 6.07) is 10.6. The fraction of sp³-hybridized carbons (Fsp3) is 0.167. The van der Waals surface area contributed by atoms with Crippen LogP contribution in [0.2, 0.25) is 10.0 Å². The lowest BCUT2D eigenvalue weighted by molar-refractivity contribution is -0.127. The van der Waals surface area contributed by atoms with Gasteiger partial charge < -0.3 is 14.6 Å². The van der Waals surface area contributed by atoms with Crippen LogP contribution in [0.5, 0.6) is 5.75 Å². The van der Waals surface area contributed by atoms with Crippen molar-refractivity contribution in [2.75, 3.05) is 0 Å². The van der Waals surface area contributed by atoms with Gasteiger partial charge in [0.2, 0.25) is 11.7 Å². The zero-order valence-corrected chi connectivity index (χ0v) is 15.6. The minimum atomic E-state index is -0.855. The number of ether oxygens (including phenoxy) is 1. The van der Waals surface area contributed by atoms with Gasteiger partial charge in [0.1, 0.15) is 11.6 Å². The van der Waals surface area contributed by atoms with E-state index in [2.05, 4.69) is 15.5 Å². The molecule has 3 aromatic rings. The van der Waals surface area contributed by atoms with Gasteiger partial charge in [-0.15, -0.1) is 0 Å². The van der Waals surface area contributed by atoms with Crippen molar-refractivity contribution in [3.05, 3.63) is 64.2 Å². The van der Waals surface area contributed by atoms with E-state index in [1.807, 2.05) is 0 Å². The van der Waals surface area contributed by atoms with Crippen LogP contribution in [0.4, 0.5) is 4.39 Å². The lowest BCUT2D eigenvalue weighted by Crippen LogP contribution is -2.36. The number of nitrogens with one attached hydrogen (secondary N) is 1. The van der Waals surface area contributed by atoms with Crippen LogP contribution in [0.15, 0.2) is 47.0 Å². The predicted octanol–water partition coefficient (Wildman–Crippen LogP) is 4.27. The van der Waals surface area contributed by atoms with Gasteiger partial charge in [0, 0.05) is 10.6 Å². The third kappa shape index (κ3) is 4.96. The largest absolute Gasteiger partial charge is 0.479 e. The fourth-order valence-corrected chi connectivity index (χ4v) is 2.50. The van der Waals surface area contributed by atoms with Crippen molar-refractivity contribution < 1.29 is 18.4 Å². The van der Waals surface area contributed by atoms with E-state index in [4.69, 9.17) is 32.5 Å². The normalized spacial score (nSPS) is 11.9. The Morgan fingerprint density at radius 1 is 1.26 bits per heavy atom. The molecule has 1 N–H and O–H groups in total. The molecule has 9 heteroatoms. The first-order chi connectivity index (χ1) is 12.9. The number of hydrogen-bond acceptors (Lipinski definition) is 5. The van der Waals surface area contributed by atoms with Crippen LogP contribution in [0.25, 0.3) is 11.4 Å². The molecule has 2 aromatic carbocycles. The number of carbonyl (C=O) groups is 1. The van der Waals surface area contributed by atoms with Crippen molar-refractivity contribution in [2.24, 2.45) is 0 Å². The summed E-state index contributed by atoms with van der Waals surface area (Å²) in [5.74, 6) is -0.0684. The van der Waals surface area contributed by atoms with Crippen molar-refractivity contribution in [2.45, 2.75) is 19.6 Å². The minimum absolute atomic E-state index is 0.0320. The van der Waals surface area contributed by atoms with E-state index in [0.717, 1.165) is 11.6 Å². The number of aromatic nitrogens is 2. The molecule has 1 aromatic heterocycles. The number of carbonyl (C=O) groups excluding carboxylic acids is 1. The fourth-order valence-electron chi connectivity index (χ4n) is 2.16. The van der Waals surface area contributed by atoms with Gasteiger partial charge in [-0.1, -0.05) is 28.4 Å². The van der Waals surface area contributed by atoms with Gasteiger partial charge in [0.05, 0.1) is 11.6 Å². The van der Waals surface area contributed by atoms with Crippen LogP contribution in [-0.2, 0) is 11.3 Å². The highest BCUT2D eigenvalue weighted by Crippen LogP contribution is 2.26. The summed E-state index contributed by atoms with van der Waals surface area (Å²) in [5, 5.41) is 7.17. The second kappa shape index (κ2) is 8.37. The summed E-state index contributed by atoms with van der Waals surface area (Å²) in [5.41, 5.74) is 0.739. The Hall–Kier alpha value is -2.64. The molecule has 0 saturated heterocycles. The standard InChI is InChI=1S/C18H14Cl2FN3O3/c1-10(26-15-7-6-13(21)8-14(15)20)18(25)22-9-16-23-17(24-27-16)11-2-4-12(19)5-3-11/h2-8,10H,9H2,1H3,(H,22,25). The Morgan fingerprint density at radius 3 is 2.70 bits per heavy atom. The average molecular weight is 410 g/mol. The summed E-state index contributed by atoms with van der Waals surface area (Å²) in [6.45, 7) is 1.58. The zero-order chi connectivity index (χ0) is 19.4. The van der Waals surface area contributed by atoms with E-state index < -0.39 is 17.8 Å². The molecular formula is C18H14Cl2FN3O3. The summed E-state index contributed by atoms with van der Waals surface area (Å²) in [6.07, 6.45) is -0.855. The summed E-state index contributed by atoms with van der Waals surface area (Å²) in [7, 11) is 0. The quantitative estimate of drug-likeness (QED) is 0.657. The maximum Gasteiger partial charge on any atom is 0.261 e. The molecule has 0 saturated carbocycles. The third-order valence-electron chi connectivity index (χ3n) is 3.55. The molecule has 0 aliphatic heterocycles. The first-order valence-electron chi connectivity index (χ1n) is 7.90.